The van der Waals surface area contributed by atoms with E-state index in [9.17, 15) is 4.79 Å². The molecule has 0 aromatic heterocycles. The Morgan fingerprint density at radius 2 is 1.74 bits per heavy atom. The average molecular weight is 266 g/mol. The van der Waals surface area contributed by atoms with Crippen LogP contribution in [0, 0.1) is 5.92 Å². The molecule has 1 aliphatic carbocycles. The van der Waals surface area contributed by atoms with Crippen LogP contribution in [0.15, 0.2) is 0 Å². The third-order valence-corrected chi connectivity index (χ3v) is 4.84. The minimum Gasteiger partial charge on any atom is -0.343 e. The van der Waals surface area contributed by atoms with Crippen molar-refractivity contribution >= 4 is 5.91 Å². The number of likely N-dealkylation sites (tertiary alicyclic amines) is 1. The molecule has 1 saturated heterocycles. The summed E-state index contributed by atoms with van der Waals surface area (Å²) >= 11 is 0. The summed E-state index contributed by atoms with van der Waals surface area (Å²) in [4.78, 5) is 14.4. The lowest BCUT2D eigenvalue weighted by Crippen LogP contribution is -2.44. The highest BCUT2D eigenvalue weighted by Gasteiger charge is 2.25. The van der Waals surface area contributed by atoms with E-state index in [0.29, 0.717) is 24.4 Å². The van der Waals surface area contributed by atoms with Crippen molar-refractivity contribution in [2.24, 2.45) is 5.92 Å². The van der Waals surface area contributed by atoms with Gasteiger partial charge in [0.1, 0.15) is 0 Å². The zero-order valence-electron chi connectivity index (χ0n) is 12.7. The number of amides is 1. The molecule has 2 atom stereocenters. The van der Waals surface area contributed by atoms with Gasteiger partial charge < -0.3 is 10.2 Å². The quantitative estimate of drug-likeness (QED) is 0.830. The first-order valence-electron chi connectivity index (χ1n) is 8.20. The molecule has 1 heterocycles. The predicted molar refractivity (Wildman–Crippen MR) is 79.1 cm³/mol. The third kappa shape index (κ3) is 4.48. The summed E-state index contributed by atoms with van der Waals surface area (Å²) in [5, 5.41) is 3.62. The highest BCUT2D eigenvalue weighted by Crippen LogP contribution is 2.29. The topological polar surface area (TPSA) is 32.3 Å². The predicted octanol–water partition coefficient (Wildman–Crippen LogP) is 2.95. The molecule has 2 rings (SSSR count). The fourth-order valence-corrected chi connectivity index (χ4v) is 3.29. The molecule has 0 bridgehead atoms. The number of nitrogens with one attached hydrogen (secondary N) is 1. The summed E-state index contributed by atoms with van der Waals surface area (Å²) in [5.74, 6) is 1.19. The zero-order chi connectivity index (χ0) is 13.7. The van der Waals surface area contributed by atoms with E-state index in [1.54, 1.807) is 0 Å². The van der Waals surface area contributed by atoms with Crippen LogP contribution in [0.1, 0.15) is 65.2 Å². The Bertz CT molecular complexity index is 280. The van der Waals surface area contributed by atoms with Gasteiger partial charge in [-0.05, 0) is 45.4 Å². The smallest absolute Gasteiger partial charge is 0.224 e. The van der Waals surface area contributed by atoms with Gasteiger partial charge in [-0.3, -0.25) is 4.79 Å². The van der Waals surface area contributed by atoms with Crippen molar-refractivity contribution in [1.82, 2.24) is 10.2 Å². The molecular formula is C16H30N2O. The van der Waals surface area contributed by atoms with Crippen molar-refractivity contribution in [2.45, 2.75) is 77.3 Å². The molecule has 2 fully saturated rings. The van der Waals surface area contributed by atoms with Gasteiger partial charge in [0, 0.05) is 31.6 Å². The summed E-state index contributed by atoms with van der Waals surface area (Å²) in [5.41, 5.74) is 0. The second-order valence-corrected chi connectivity index (χ2v) is 6.55. The normalized spacial score (nSPS) is 24.4. The summed E-state index contributed by atoms with van der Waals surface area (Å²) < 4.78 is 0. The molecule has 110 valence electrons. The standard InChI is InChI=1S/C16H30N2O/c1-13(17-14(2)15-8-7-9-15)12-16(19)18-10-5-3-4-6-11-18/h13-15,17H,3-12H2,1-2H3/t13-,14+/m1/s1. The third-order valence-electron chi connectivity index (χ3n) is 4.84. The van der Waals surface area contributed by atoms with Gasteiger partial charge in [0.15, 0.2) is 0 Å². The molecule has 3 nitrogen and oxygen atoms in total. The number of hydrogen-bond acceptors (Lipinski definition) is 2. The lowest BCUT2D eigenvalue weighted by Gasteiger charge is -2.34. The first-order chi connectivity index (χ1) is 9.16. The molecule has 2 aliphatic rings. The van der Waals surface area contributed by atoms with E-state index in [2.05, 4.69) is 24.1 Å². The zero-order valence-corrected chi connectivity index (χ0v) is 12.7. The lowest BCUT2D eigenvalue weighted by atomic mass is 9.80. The van der Waals surface area contributed by atoms with E-state index in [4.69, 9.17) is 0 Å². The molecule has 0 aromatic rings. The van der Waals surface area contributed by atoms with Gasteiger partial charge in [-0.15, -0.1) is 0 Å². The number of nitrogens with zero attached hydrogens (tertiary/aromatic N) is 1. The summed E-state index contributed by atoms with van der Waals surface area (Å²) in [6, 6.07) is 0.882. The highest BCUT2D eigenvalue weighted by atomic mass is 16.2. The number of carbonyl (C=O) groups excluding carboxylic acids is 1. The van der Waals surface area contributed by atoms with Crippen LogP contribution in [0.3, 0.4) is 0 Å². The number of carbonyl (C=O) groups is 1. The second kappa shape index (κ2) is 7.28. The fourth-order valence-electron chi connectivity index (χ4n) is 3.29. The van der Waals surface area contributed by atoms with Crippen molar-refractivity contribution in [3.8, 4) is 0 Å². The first-order valence-corrected chi connectivity index (χ1v) is 8.20. The van der Waals surface area contributed by atoms with E-state index in [1.165, 1.54) is 44.9 Å². The molecule has 1 amide bonds. The van der Waals surface area contributed by atoms with Crippen molar-refractivity contribution in [1.29, 1.82) is 0 Å². The van der Waals surface area contributed by atoms with Crippen LogP contribution in [0.5, 0.6) is 0 Å². The van der Waals surface area contributed by atoms with E-state index in [-0.39, 0.29) is 0 Å². The van der Waals surface area contributed by atoms with E-state index >= 15 is 0 Å². The lowest BCUT2D eigenvalue weighted by molar-refractivity contribution is -0.131. The average Bonchev–Trinajstić information content (AvgIpc) is 2.54. The molecule has 1 saturated carbocycles. The fraction of sp³-hybridized carbons (Fsp3) is 0.938. The van der Waals surface area contributed by atoms with Crippen LogP contribution in [0.2, 0.25) is 0 Å². The summed E-state index contributed by atoms with van der Waals surface area (Å²) in [6.45, 7) is 6.38. The molecule has 0 spiro atoms. The molecule has 1 N–H and O–H groups in total. The monoisotopic (exact) mass is 266 g/mol. The van der Waals surface area contributed by atoms with Crippen molar-refractivity contribution < 1.29 is 4.79 Å². The van der Waals surface area contributed by atoms with Gasteiger partial charge in [-0.25, -0.2) is 0 Å². The summed E-state index contributed by atoms with van der Waals surface area (Å²) in [6.07, 6.45) is 9.72. The highest BCUT2D eigenvalue weighted by molar-refractivity contribution is 5.76. The Balaban J connectivity index is 1.70. The van der Waals surface area contributed by atoms with Crippen LogP contribution < -0.4 is 5.32 Å². The van der Waals surface area contributed by atoms with Crippen LogP contribution in [-0.2, 0) is 4.79 Å². The number of rotatable bonds is 5. The Morgan fingerprint density at radius 1 is 1.11 bits per heavy atom. The number of hydrogen-bond donors (Lipinski definition) is 1. The Kier molecular flexibility index (Phi) is 5.68. The maximum absolute atomic E-state index is 12.3. The second-order valence-electron chi connectivity index (χ2n) is 6.55. The van der Waals surface area contributed by atoms with Crippen molar-refractivity contribution in [2.75, 3.05) is 13.1 Å². The Hall–Kier alpha value is -0.570. The Labute approximate surface area is 118 Å². The molecular weight excluding hydrogens is 236 g/mol. The van der Waals surface area contributed by atoms with E-state index in [1.807, 2.05) is 0 Å². The van der Waals surface area contributed by atoms with Gasteiger partial charge in [-0.2, -0.15) is 0 Å². The van der Waals surface area contributed by atoms with Crippen LogP contribution >= 0.6 is 0 Å². The van der Waals surface area contributed by atoms with Gasteiger partial charge in [0.25, 0.3) is 0 Å². The molecule has 0 unspecified atom stereocenters. The largest absolute Gasteiger partial charge is 0.343 e. The van der Waals surface area contributed by atoms with E-state index < -0.39 is 0 Å². The maximum atomic E-state index is 12.3. The Morgan fingerprint density at radius 3 is 2.26 bits per heavy atom. The van der Waals surface area contributed by atoms with Gasteiger partial charge in [0.2, 0.25) is 5.91 Å². The first kappa shape index (κ1) is 14.8. The van der Waals surface area contributed by atoms with Gasteiger partial charge >= 0.3 is 0 Å². The minimum absolute atomic E-state index is 0.311. The van der Waals surface area contributed by atoms with Crippen LogP contribution in [-0.4, -0.2) is 36.0 Å². The molecule has 1 aliphatic heterocycles. The summed E-state index contributed by atoms with van der Waals surface area (Å²) in [7, 11) is 0. The molecule has 3 heteroatoms. The maximum Gasteiger partial charge on any atom is 0.224 e. The van der Waals surface area contributed by atoms with Crippen LogP contribution in [0.4, 0.5) is 0 Å². The van der Waals surface area contributed by atoms with E-state index in [0.717, 1.165) is 19.0 Å². The molecule has 19 heavy (non-hydrogen) atoms. The molecule has 0 radical (unpaired) electrons. The van der Waals surface area contributed by atoms with Gasteiger partial charge in [-0.1, -0.05) is 19.3 Å². The van der Waals surface area contributed by atoms with Crippen molar-refractivity contribution in [3.63, 3.8) is 0 Å². The SMILES string of the molecule is C[C@H](CC(=O)N1CCCCCC1)N[C@@H](C)C1CCC1. The minimum atomic E-state index is 0.311. The van der Waals surface area contributed by atoms with Crippen LogP contribution in [0.25, 0.3) is 0 Å². The molecule has 0 aromatic carbocycles. The van der Waals surface area contributed by atoms with Crippen molar-refractivity contribution in [3.05, 3.63) is 0 Å². The van der Waals surface area contributed by atoms with Gasteiger partial charge in [0.05, 0.1) is 0 Å².